The zero-order valence-electron chi connectivity index (χ0n) is 4.95. The van der Waals surface area contributed by atoms with Crippen LogP contribution in [0.25, 0.3) is 0 Å². The van der Waals surface area contributed by atoms with Crippen LogP contribution < -0.4 is 11.3 Å². The second kappa shape index (κ2) is 2.46. The molecule has 1 rings (SSSR count). The van der Waals surface area contributed by atoms with Gasteiger partial charge in [-0.2, -0.15) is 0 Å². The van der Waals surface area contributed by atoms with E-state index in [0.29, 0.717) is 0 Å². The van der Waals surface area contributed by atoms with Crippen molar-refractivity contribution in [3.05, 3.63) is 34.7 Å². The standard InChI is InChI=1S/C6H8N2O/c7-5-8-4-2-1-3-6(8)9/h1-4H,5,7H2. The molecule has 0 aromatic carbocycles. The predicted molar refractivity (Wildman–Crippen MR) is 34.9 cm³/mol. The van der Waals surface area contributed by atoms with Gasteiger partial charge in [0, 0.05) is 12.3 Å². The molecule has 0 fully saturated rings. The van der Waals surface area contributed by atoms with Crippen LogP contribution in [-0.2, 0) is 6.67 Å². The summed E-state index contributed by atoms with van der Waals surface area (Å²) in [5.41, 5.74) is 5.16. The summed E-state index contributed by atoms with van der Waals surface area (Å²) in [4.78, 5) is 10.7. The van der Waals surface area contributed by atoms with E-state index in [1.807, 2.05) is 0 Å². The Labute approximate surface area is 52.7 Å². The minimum Gasteiger partial charge on any atom is -0.313 e. The summed E-state index contributed by atoms with van der Waals surface area (Å²) in [6.45, 7) is 0.250. The summed E-state index contributed by atoms with van der Waals surface area (Å²) in [5, 5.41) is 0. The van der Waals surface area contributed by atoms with Crippen molar-refractivity contribution < 1.29 is 0 Å². The van der Waals surface area contributed by atoms with Crippen molar-refractivity contribution in [2.75, 3.05) is 0 Å². The van der Waals surface area contributed by atoms with Crippen LogP contribution in [0.1, 0.15) is 0 Å². The Morgan fingerprint density at radius 3 is 2.78 bits per heavy atom. The van der Waals surface area contributed by atoms with E-state index >= 15 is 0 Å². The molecule has 0 radical (unpaired) electrons. The van der Waals surface area contributed by atoms with Crippen molar-refractivity contribution in [2.45, 2.75) is 6.67 Å². The van der Waals surface area contributed by atoms with Crippen molar-refractivity contribution in [1.82, 2.24) is 4.57 Å². The molecule has 0 saturated carbocycles. The summed E-state index contributed by atoms with van der Waals surface area (Å²) >= 11 is 0. The maximum atomic E-state index is 10.7. The maximum Gasteiger partial charge on any atom is 0.251 e. The predicted octanol–water partition coefficient (Wildman–Crippen LogP) is -0.236. The smallest absolute Gasteiger partial charge is 0.251 e. The molecule has 0 bridgehead atoms. The van der Waals surface area contributed by atoms with Gasteiger partial charge in [-0.1, -0.05) is 6.07 Å². The van der Waals surface area contributed by atoms with Gasteiger partial charge in [0.05, 0.1) is 6.67 Å². The third kappa shape index (κ3) is 1.17. The monoisotopic (exact) mass is 124 g/mol. The lowest BCUT2D eigenvalue weighted by Crippen LogP contribution is -2.21. The van der Waals surface area contributed by atoms with Crippen molar-refractivity contribution in [3.63, 3.8) is 0 Å². The van der Waals surface area contributed by atoms with Crippen LogP contribution in [0.4, 0.5) is 0 Å². The fraction of sp³-hybridized carbons (Fsp3) is 0.167. The number of nitrogens with zero attached hydrogens (tertiary/aromatic N) is 1. The largest absolute Gasteiger partial charge is 0.313 e. The highest BCUT2D eigenvalue weighted by molar-refractivity contribution is 4.92. The first-order chi connectivity index (χ1) is 4.34. The Balaban J connectivity index is 3.16. The molecule has 0 aliphatic rings. The molecule has 0 aliphatic heterocycles. The normalized spacial score (nSPS) is 9.44. The topological polar surface area (TPSA) is 48.0 Å². The van der Waals surface area contributed by atoms with Gasteiger partial charge in [-0.15, -0.1) is 0 Å². The van der Waals surface area contributed by atoms with Crippen LogP contribution in [0.3, 0.4) is 0 Å². The first kappa shape index (κ1) is 6.04. The Morgan fingerprint density at radius 2 is 2.33 bits per heavy atom. The van der Waals surface area contributed by atoms with E-state index in [4.69, 9.17) is 5.73 Å². The summed E-state index contributed by atoms with van der Waals surface area (Å²) in [6, 6.07) is 4.94. The van der Waals surface area contributed by atoms with Crippen LogP contribution in [0.15, 0.2) is 29.2 Å². The quantitative estimate of drug-likeness (QED) is 0.562. The maximum absolute atomic E-state index is 10.7. The lowest BCUT2D eigenvalue weighted by Gasteiger charge is -1.96. The highest BCUT2D eigenvalue weighted by Crippen LogP contribution is 1.76. The highest BCUT2D eigenvalue weighted by atomic mass is 16.1. The van der Waals surface area contributed by atoms with Gasteiger partial charge in [0.15, 0.2) is 0 Å². The fourth-order valence-corrected chi connectivity index (χ4v) is 0.611. The molecule has 0 amide bonds. The lowest BCUT2D eigenvalue weighted by atomic mass is 10.5. The van der Waals surface area contributed by atoms with E-state index in [1.54, 1.807) is 18.3 Å². The molecule has 48 valence electrons. The summed E-state index contributed by atoms with van der Waals surface area (Å²) in [7, 11) is 0. The molecule has 3 nitrogen and oxygen atoms in total. The molecular weight excluding hydrogens is 116 g/mol. The molecule has 0 unspecified atom stereocenters. The van der Waals surface area contributed by atoms with E-state index < -0.39 is 0 Å². The van der Waals surface area contributed by atoms with Crippen LogP contribution in [-0.4, -0.2) is 4.57 Å². The average Bonchev–Trinajstić information content (AvgIpc) is 1.89. The van der Waals surface area contributed by atoms with Gasteiger partial charge in [0.1, 0.15) is 0 Å². The van der Waals surface area contributed by atoms with Gasteiger partial charge in [-0.25, -0.2) is 0 Å². The summed E-state index contributed by atoms with van der Waals surface area (Å²) < 4.78 is 1.43. The third-order valence-corrected chi connectivity index (χ3v) is 1.10. The SMILES string of the molecule is NCn1ccccc1=O. The molecule has 0 spiro atoms. The number of aromatic nitrogens is 1. The van der Waals surface area contributed by atoms with Gasteiger partial charge >= 0.3 is 0 Å². The number of nitrogens with two attached hydrogens (primary N) is 1. The minimum atomic E-state index is -0.0556. The van der Waals surface area contributed by atoms with Crippen molar-refractivity contribution in [3.8, 4) is 0 Å². The van der Waals surface area contributed by atoms with Crippen LogP contribution in [0.2, 0.25) is 0 Å². The van der Waals surface area contributed by atoms with Gasteiger partial charge in [-0.3, -0.25) is 4.79 Å². The van der Waals surface area contributed by atoms with Gasteiger partial charge in [0.2, 0.25) is 0 Å². The molecule has 3 heteroatoms. The third-order valence-electron chi connectivity index (χ3n) is 1.10. The van der Waals surface area contributed by atoms with Crippen LogP contribution >= 0.6 is 0 Å². The Hall–Kier alpha value is -1.09. The first-order valence-electron chi connectivity index (χ1n) is 2.70. The fourth-order valence-electron chi connectivity index (χ4n) is 0.611. The number of hydrogen-bond acceptors (Lipinski definition) is 2. The molecule has 0 aliphatic carbocycles. The lowest BCUT2D eigenvalue weighted by molar-refractivity contribution is 0.700. The molecule has 1 aromatic rings. The van der Waals surface area contributed by atoms with Crippen molar-refractivity contribution in [1.29, 1.82) is 0 Å². The molecule has 0 saturated heterocycles. The zero-order chi connectivity index (χ0) is 6.69. The van der Waals surface area contributed by atoms with Crippen LogP contribution in [0.5, 0.6) is 0 Å². The number of pyridine rings is 1. The first-order valence-corrected chi connectivity index (χ1v) is 2.70. The van der Waals surface area contributed by atoms with E-state index in [9.17, 15) is 4.79 Å². The number of rotatable bonds is 1. The molecule has 1 heterocycles. The summed E-state index contributed by atoms with van der Waals surface area (Å²) in [6.07, 6.45) is 1.66. The Kier molecular flexibility index (Phi) is 1.65. The van der Waals surface area contributed by atoms with E-state index in [0.717, 1.165) is 0 Å². The molecule has 1 aromatic heterocycles. The minimum absolute atomic E-state index is 0.0556. The average molecular weight is 124 g/mol. The molecule has 9 heavy (non-hydrogen) atoms. The molecule has 0 atom stereocenters. The molecular formula is C6H8N2O. The van der Waals surface area contributed by atoms with Crippen LogP contribution in [0, 0.1) is 0 Å². The van der Waals surface area contributed by atoms with E-state index in [2.05, 4.69) is 0 Å². The van der Waals surface area contributed by atoms with Crippen molar-refractivity contribution >= 4 is 0 Å². The second-order valence-electron chi connectivity index (χ2n) is 1.69. The Morgan fingerprint density at radius 1 is 1.56 bits per heavy atom. The molecule has 2 N–H and O–H groups in total. The zero-order valence-corrected chi connectivity index (χ0v) is 4.95. The second-order valence-corrected chi connectivity index (χ2v) is 1.69. The highest BCUT2D eigenvalue weighted by Gasteiger charge is 1.85. The Bertz CT molecular complexity index is 241. The van der Waals surface area contributed by atoms with Gasteiger partial charge in [-0.05, 0) is 6.07 Å². The van der Waals surface area contributed by atoms with Gasteiger partial charge in [0.25, 0.3) is 5.56 Å². The van der Waals surface area contributed by atoms with E-state index in [-0.39, 0.29) is 12.2 Å². The summed E-state index contributed by atoms with van der Waals surface area (Å²) in [5.74, 6) is 0. The number of hydrogen-bond donors (Lipinski definition) is 1. The van der Waals surface area contributed by atoms with Gasteiger partial charge < -0.3 is 10.3 Å². The van der Waals surface area contributed by atoms with Crippen molar-refractivity contribution in [2.24, 2.45) is 5.73 Å². The van der Waals surface area contributed by atoms with E-state index in [1.165, 1.54) is 10.6 Å².